The molecule has 0 saturated heterocycles. The Morgan fingerprint density at radius 2 is 1.17 bits per heavy atom. The predicted molar refractivity (Wildman–Crippen MR) is 117 cm³/mol. The third-order valence-electron chi connectivity index (χ3n) is 5.32. The number of hydrogen-bond acceptors (Lipinski definition) is 5. The summed E-state index contributed by atoms with van der Waals surface area (Å²) < 4.78 is 0. The minimum atomic E-state index is -0.733. The van der Waals surface area contributed by atoms with Crippen molar-refractivity contribution in [3.05, 3.63) is 22.3 Å². The van der Waals surface area contributed by atoms with Crippen molar-refractivity contribution in [3.63, 3.8) is 0 Å². The zero-order valence-corrected chi connectivity index (χ0v) is 18.8. The molecule has 0 unspecified atom stereocenters. The Hall–Kier alpha value is -1.75. The lowest BCUT2D eigenvalue weighted by molar-refractivity contribution is -0.237. The first-order valence-electron chi connectivity index (χ1n) is 11.4. The number of benzene rings is 1. The van der Waals surface area contributed by atoms with Gasteiger partial charge in [-0.25, -0.2) is 4.79 Å². The average molecular weight is 409 g/mol. The summed E-state index contributed by atoms with van der Waals surface area (Å²) >= 11 is 0. The Labute approximate surface area is 176 Å². The van der Waals surface area contributed by atoms with Crippen LogP contribution in [0.5, 0.6) is 11.5 Å². The normalized spacial score (nSPS) is 11.0. The summed E-state index contributed by atoms with van der Waals surface area (Å²) in [6, 6.07) is 0. The maximum Gasteiger partial charge on any atom is 0.377 e. The van der Waals surface area contributed by atoms with Crippen LogP contribution in [0.15, 0.2) is 0 Å². The summed E-state index contributed by atoms with van der Waals surface area (Å²) in [5.41, 5.74) is 2.70. The molecule has 0 spiro atoms. The number of phenols is 2. The fourth-order valence-corrected chi connectivity index (χ4v) is 3.76. The molecule has 0 aliphatic rings. The molecule has 0 aromatic heterocycles. The van der Waals surface area contributed by atoms with Crippen LogP contribution < -0.4 is 0 Å². The highest BCUT2D eigenvalue weighted by atomic mass is 17.2. The van der Waals surface area contributed by atoms with Crippen LogP contribution in [0.4, 0.5) is 0 Å². The summed E-state index contributed by atoms with van der Waals surface area (Å²) in [7, 11) is 0. The van der Waals surface area contributed by atoms with E-state index in [-0.39, 0.29) is 23.7 Å². The van der Waals surface area contributed by atoms with Gasteiger partial charge in [0.05, 0.1) is 6.61 Å². The van der Waals surface area contributed by atoms with Crippen molar-refractivity contribution >= 4 is 5.97 Å². The summed E-state index contributed by atoms with van der Waals surface area (Å²) in [6.07, 6.45) is 11.5. The topological polar surface area (TPSA) is 76.0 Å². The third kappa shape index (κ3) is 7.54. The van der Waals surface area contributed by atoms with Gasteiger partial charge in [-0.05, 0) is 56.6 Å². The molecule has 0 aliphatic carbocycles. The van der Waals surface area contributed by atoms with Crippen molar-refractivity contribution in [2.24, 2.45) is 0 Å². The second kappa shape index (κ2) is 14.3. The second-order valence-corrected chi connectivity index (χ2v) is 7.66. The first kappa shape index (κ1) is 25.3. The van der Waals surface area contributed by atoms with E-state index < -0.39 is 5.97 Å². The van der Waals surface area contributed by atoms with Gasteiger partial charge in [0.1, 0.15) is 5.56 Å². The number of aromatic hydroxyl groups is 2. The van der Waals surface area contributed by atoms with E-state index in [1.54, 1.807) is 6.92 Å². The Kier molecular flexibility index (Phi) is 12.4. The number of carbonyl (C=O) groups is 1. The molecule has 1 aromatic rings. The molecule has 0 aliphatic heterocycles. The maximum atomic E-state index is 12.7. The maximum absolute atomic E-state index is 12.7. The quantitative estimate of drug-likeness (QED) is 0.152. The Balaban J connectivity index is 3.48. The van der Waals surface area contributed by atoms with Gasteiger partial charge in [-0.3, -0.25) is 4.89 Å². The van der Waals surface area contributed by atoms with Crippen LogP contribution in [-0.4, -0.2) is 22.8 Å². The van der Waals surface area contributed by atoms with Gasteiger partial charge >= 0.3 is 5.97 Å². The molecule has 29 heavy (non-hydrogen) atoms. The molecule has 0 fully saturated rings. The summed E-state index contributed by atoms with van der Waals surface area (Å²) in [4.78, 5) is 22.4. The van der Waals surface area contributed by atoms with E-state index in [9.17, 15) is 15.0 Å². The fraction of sp³-hybridized carbons (Fsp3) is 0.708. The zero-order chi connectivity index (χ0) is 21.6. The lowest BCUT2D eigenvalue weighted by atomic mass is 9.86. The van der Waals surface area contributed by atoms with Crippen LogP contribution in [0.3, 0.4) is 0 Å². The Morgan fingerprint density at radius 1 is 0.690 bits per heavy atom. The van der Waals surface area contributed by atoms with Crippen molar-refractivity contribution < 1.29 is 24.8 Å². The van der Waals surface area contributed by atoms with Crippen LogP contribution in [0.25, 0.3) is 0 Å². The number of carbonyl (C=O) groups excluding carboxylic acids is 1. The van der Waals surface area contributed by atoms with Crippen LogP contribution in [0, 0.1) is 0 Å². The molecule has 5 heteroatoms. The molecule has 0 heterocycles. The standard InChI is InChI=1S/C24H40O5/c1-5-9-12-15-18-19(16-13-10-6-2)21(24(27)29-28-8-4)23(26)22(25)20(18)17-14-11-7-3/h25-26H,5-17H2,1-4H3. The Bertz CT molecular complexity index is 624. The lowest BCUT2D eigenvalue weighted by Gasteiger charge is -2.21. The molecule has 0 radical (unpaired) electrons. The highest BCUT2D eigenvalue weighted by molar-refractivity contribution is 5.95. The molecule has 166 valence electrons. The second-order valence-electron chi connectivity index (χ2n) is 7.66. The number of unbranched alkanes of at least 4 members (excludes halogenated alkanes) is 6. The zero-order valence-electron chi connectivity index (χ0n) is 18.8. The molecule has 5 nitrogen and oxygen atoms in total. The van der Waals surface area contributed by atoms with Gasteiger partial charge in [-0.1, -0.05) is 59.3 Å². The van der Waals surface area contributed by atoms with Gasteiger partial charge in [-0.15, -0.1) is 0 Å². The molecule has 1 aromatic carbocycles. The largest absolute Gasteiger partial charge is 0.504 e. The molecule has 0 bridgehead atoms. The number of rotatable bonds is 15. The molecular weight excluding hydrogens is 368 g/mol. The van der Waals surface area contributed by atoms with Gasteiger partial charge in [0.25, 0.3) is 0 Å². The van der Waals surface area contributed by atoms with E-state index in [0.717, 1.165) is 80.9 Å². The molecule has 2 N–H and O–H groups in total. The smallest absolute Gasteiger partial charge is 0.377 e. The summed E-state index contributed by atoms with van der Waals surface area (Å²) in [5, 5.41) is 21.5. The minimum Gasteiger partial charge on any atom is -0.504 e. The van der Waals surface area contributed by atoms with Gasteiger partial charge in [0.2, 0.25) is 0 Å². The van der Waals surface area contributed by atoms with Crippen LogP contribution in [0.1, 0.15) is 113 Å². The lowest BCUT2D eigenvalue weighted by Crippen LogP contribution is -2.14. The average Bonchev–Trinajstić information content (AvgIpc) is 2.71. The molecule has 0 saturated carbocycles. The summed E-state index contributed by atoms with van der Waals surface area (Å²) in [5.74, 6) is -1.27. The van der Waals surface area contributed by atoms with E-state index in [2.05, 4.69) is 20.8 Å². The summed E-state index contributed by atoms with van der Waals surface area (Å²) in [6.45, 7) is 8.38. The monoisotopic (exact) mass is 408 g/mol. The molecule has 0 amide bonds. The van der Waals surface area contributed by atoms with Crippen molar-refractivity contribution in [3.8, 4) is 11.5 Å². The molecular formula is C24H40O5. The number of phenolic OH excluding ortho intramolecular Hbond substituents is 2. The van der Waals surface area contributed by atoms with E-state index >= 15 is 0 Å². The van der Waals surface area contributed by atoms with E-state index in [1.807, 2.05) is 0 Å². The fourth-order valence-electron chi connectivity index (χ4n) is 3.76. The van der Waals surface area contributed by atoms with Gasteiger partial charge < -0.3 is 10.2 Å². The van der Waals surface area contributed by atoms with Crippen LogP contribution >= 0.6 is 0 Å². The van der Waals surface area contributed by atoms with Crippen molar-refractivity contribution in [1.82, 2.24) is 0 Å². The van der Waals surface area contributed by atoms with Crippen LogP contribution in [0.2, 0.25) is 0 Å². The van der Waals surface area contributed by atoms with Crippen molar-refractivity contribution in [1.29, 1.82) is 0 Å². The van der Waals surface area contributed by atoms with Gasteiger partial charge in [0, 0.05) is 5.56 Å². The van der Waals surface area contributed by atoms with E-state index in [4.69, 9.17) is 9.78 Å². The van der Waals surface area contributed by atoms with Crippen LogP contribution in [-0.2, 0) is 29.0 Å². The van der Waals surface area contributed by atoms with Gasteiger partial charge in [-0.2, -0.15) is 4.89 Å². The SMILES string of the molecule is CCCCCc1c(O)c(O)c(C(=O)OOCC)c(CCCCC)c1CCCCC. The highest BCUT2D eigenvalue weighted by Crippen LogP contribution is 2.41. The van der Waals surface area contributed by atoms with Gasteiger partial charge in [0.15, 0.2) is 11.5 Å². The molecule has 1 rings (SSSR count). The van der Waals surface area contributed by atoms with E-state index in [0.29, 0.717) is 12.8 Å². The van der Waals surface area contributed by atoms with Crippen molar-refractivity contribution in [2.45, 2.75) is 105 Å². The number of hydrogen-bond donors (Lipinski definition) is 2. The van der Waals surface area contributed by atoms with Crippen molar-refractivity contribution in [2.75, 3.05) is 6.61 Å². The minimum absolute atomic E-state index is 0.0674. The molecule has 0 atom stereocenters. The third-order valence-corrected chi connectivity index (χ3v) is 5.32. The first-order chi connectivity index (χ1) is 14.0. The van der Waals surface area contributed by atoms with E-state index in [1.165, 1.54) is 0 Å². The first-order valence-corrected chi connectivity index (χ1v) is 11.4. The highest BCUT2D eigenvalue weighted by Gasteiger charge is 2.28. The predicted octanol–water partition coefficient (Wildman–Crippen LogP) is 6.40. The Morgan fingerprint density at radius 3 is 1.66 bits per heavy atom.